The number of hydrogen-bond acceptors (Lipinski definition) is 2. The fraction of sp³-hybridized carbons (Fsp3) is 0.300. The summed E-state index contributed by atoms with van der Waals surface area (Å²) in [6.07, 6.45) is 0. The second-order valence-electron chi connectivity index (χ2n) is 2.96. The largest absolute Gasteiger partial charge is 0.289 e. The summed E-state index contributed by atoms with van der Waals surface area (Å²) in [5.41, 5.74) is 0.887. The minimum absolute atomic E-state index is 0.233. The molecule has 1 rings (SSSR count). The Morgan fingerprint density at radius 2 is 2.31 bits per heavy atom. The third-order valence-electron chi connectivity index (χ3n) is 1.68. The molecule has 0 radical (unpaired) electrons. The lowest BCUT2D eigenvalue weighted by Gasteiger charge is -2.11. The zero-order valence-electron chi connectivity index (χ0n) is 7.50. The van der Waals surface area contributed by atoms with Crippen molar-refractivity contribution in [1.82, 2.24) is 4.90 Å². The molecule has 1 aromatic rings. The molecule has 0 heterocycles. The lowest BCUT2D eigenvalue weighted by molar-refractivity contribution is 0.366. The van der Waals surface area contributed by atoms with Crippen molar-refractivity contribution in [2.75, 3.05) is 13.6 Å². The summed E-state index contributed by atoms with van der Waals surface area (Å²) >= 11 is 0. The molecule has 0 amide bonds. The Kier molecular flexibility index (Phi) is 3.41. The van der Waals surface area contributed by atoms with Crippen molar-refractivity contribution < 1.29 is 4.39 Å². The van der Waals surface area contributed by atoms with Crippen molar-refractivity contribution in [3.05, 3.63) is 35.6 Å². The van der Waals surface area contributed by atoms with E-state index < -0.39 is 0 Å². The van der Waals surface area contributed by atoms with Crippen molar-refractivity contribution in [3.63, 3.8) is 0 Å². The van der Waals surface area contributed by atoms with Gasteiger partial charge in [-0.2, -0.15) is 5.26 Å². The van der Waals surface area contributed by atoms with Crippen molar-refractivity contribution in [3.8, 4) is 6.07 Å². The van der Waals surface area contributed by atoms with Crippen LogP contribution in [-0.2, 0) is 6.54 Å². The number of nitrogens with zero attached hydrogens (tertiary/aromatic N) is 2. The van der Waals surface area contributed by atoms with Gasteiger partial charge in [-0.25, -0.2) is 4.39 Å². The fourth-order valence-electron chi connectivity index (χ4n) is 1.12. The summed E-state index contributed by atoms with van der Waals surface area (Å²) in [5.74, 6) is -0.233. The second-order valence-corrected chi connectivity index (χ2v) is 2.96. The third kappa shape index (κ3) is 3.22. The van der Waals surface area contributed by atoms with Gasteiger partial charge < -0.3 is 0 Å². The van der Waals surface area contributed by atoms with Gasteiger partial charge in [-0.15, -0.1) is 0 Å². The van der Waals surface area contributed by atoms with Crippen LogP contribution >= 0.6 is 0 Å². The van der Waals surface area contributed by atoms with Crippen LogP contribution in [-0.4, -0.2) is 18.5 Å². The zero-order chi connectivity index (χ0) is 9.68. The molecular formula is C10H11FN2. The standard InChI is InChI=1S/C10H11FN2/c1-13(6-5-12)8-9-3-2-4-10(11)7-9/h2-4,7H,6,8H2,1H3. The van der Waals surface area contributed by atoms with E-state index >= 15 is 0 Å². The van der Waals surface area contributed by atoms with Gasteiger partial charge in [0.1, 0.15) is 5.82 Å². The molecule has 0 N–H and O–H groups in total. The quantitative estimate of drug-likeness (QED) is 0.660. The molecule has 13 heavy (non-hydrogen) atoms. The van der Waals surface area contributed by atoms with E-state index in [1.807, 2.05) is 24.1 Å². The van der Waals surface area contributed by atoms with Crippen LogP contribution in [0.25, 0.3) is 0 Å². The fourth-order valence-corrected chi connectivity index (χ4v) is 1.12. The van der Waals surface area contributed by atoms with Gasteiger partial charge in [0.2, 0.25) is 0 Å². The van der Waals surface area contributed by atoms with Crippen LogP contribution in [0.3, 0.4) is 0 Å². The number of rotatable bonds is 3. The van der Waals surface area contributed by atoms with Crippen LogP contribution < -0.4 is 0 Å². The molecule has 68 valence electrons. The second kappa shape index (κ2) is 4.58. The maximum Gasteiger partial charge on any atom is 0.123 e. The summed E-state index contributed by atoms with van der Waals surface area (Å²) in [5, 5.41) is 8.40. The van der Waals surface area contributed by atoms with E-state index in [1.165, 1.54) is 12.1 Å². The highest BCUT2D eigenvalue weighted by atomic mass is 19.1. The first kappa shape index (κ1) is 9.69. The van der Waals surface area contributed by atoms with Crippen molar-refractivity contribution in [1.29, 1.82) is 5.26 Å². The van der Waals surface area contributed by atoms with Gasteiger partial charge in [-0.05, 0) is 24.7 Å². The molecule has 0 bridgehead atoms. The van der Waals surface area contributed by atoms with Crippen LogP contribution in [0.4, 0.5) is 4.39 Å². The van der Waals surface area contributed by atoms with E-state index in [2.05, 4.69) is 0 Å². The smallest absolute Gasteiger partial charge is 0.123 e. The third-order valence-corrected chi connectivity index (χ3v) is 1.68. The van der Waals surface area contributed by atoms with Gasteiger partial charge in [-0.1, -0.05) is 12.1 Å². The Balaban J connectivity index is 2.59. The van der Waals surface area contributed by atoms with E-state index in [1.54, 1.807) is 6.07 Å². The maximum atomic E-state index is 12.7. The topological polar surface area (TPSA) is 27.0 Å². The van der Waals surface area contributed by atoms with E-state index in [-0.39, 0.29) is 5.82 Å². The number of hydrogen-bond donors (Lipinski definition) is 0. The summed E-state index contributed by atoms with van der Waals surface area (Å²) in [7, 11) is 1.83. The van der Waals surface area contributed by atoms with Gasteiger partial charge in [0, 0.05) is 6.54 Å². The minimum Gasteiger partial charge on any atom is -0.289 e. The lowest BCUT2D eigenvalue weighted by Crippen LogP contribution is -2.17. The Hall–Kier alpha value is -1.40. The predicted molar refractivity (Wildman–Crippen MR) is 48.3 cm³/mol. The lowest BCUT2D eigenvalue weighted by atomic mass is 10.2. The minimum atomic E-state index is -0.233. The van der Waals surface area contributed by atoms with Gasteiger partial charge in [0.05, 0.1) is 12.6 Å². The Labute approximate surface area is 77.2 Å². The summed E-state index contributed by atoms with van der Waals surface area (Å²) in [6.45, 7) is 0.960. The SMILES string of the molecule is CN(CC#N)Cc1cccc(F)c1. The van der Waals surface area contributed by atoms with Crippen molar-refractivity contribution in [2.24, 2.45) is 0 Å². The molecule has 2 nitrogen and oxygen atoms in total. The van der Waals surface area contributed by atoms with Crippen LogP contribution in [0, 0.1) is 17.1 Å². The molecule has 0 aliphatic carbocycles. The molecule has 0 atom stereocenters. The van der Waals surface area contributed by atoms with Crippen LogP contribution in [0.15, 0.2) is 24.3 Å². The predicted octanol–water partition coefficient (Wildman–Crippen LogP) is 1.78. The first-order chi connectivity index (χ1) is 6.22. The first-order valence-electron chi connectivity index (χ1n) is 4.02. The Morgan fingerprint density at radius 1 is 1.54 bits per heavy atom. The number of halogens is 1. The summed E-state index contributed by atoms with van der Waals surface area (Å²) in [6, 6.07) is 8.44. The van der Waals surface area contributed by atoms with Crippen molar-refractivity contribution in [2.45, 2.75) is 6.54 Å². The average Bonchev–Trinajstić information content (AvgIpc) is 2.04. The first-order valence-corrected chi connectivity index (χ1v) is 4.02. The van der Waals surface area contributed by atoms with E-state index in [0.29, 0.717) is 13.1 Å². The summed E-state index contributed by atoms with van der Waals surface area (Å²) in [4.78, 5) is 1.83. The molecule has 0 saturated carbocycles. The molecule has 0 aliphatic heterocycles. The van der Waals surface area contributed by atoms with Gasteiger partial charge in [0.25, 0.3) is 0 Å². The normalized spacial score (nSPS) is 10.0. The molecule has 0 spiro atoms. The highest BCUT2D eigenvalue weighted by Gasteiger charge is 1.99. The maximum absolute atomic E-state index is 12.7. The van der Waals surface area contributed by atoms with Gasteiger partial charge in [0.15, 0.2) is 0 Å². The highest BCUT2D eigenvalue weighted by Crippen LogP contribution is 2.05. The molecule has 0 fully saturated rings. The Morgan fingerprint density at radius 3 is 2.92 bits per heavy atom. The van der Waals surface area contributed by atoms with Crippen molar-refractivity contribution >= 4 is 0 Å². The van der Waals surface area contributed by atoms with E-state index in [9.17, 15) is 4.39 Å². The monoisotopic (exact) mass is 178 g/mol. The van der Waals surface area contributed by atoms with E-state index in [4.69, 9.17) is 5.26 Å². The number of nitriles is 1. The van der Waals surface area contributed by atoms with Gasteiger partial charge >= 0.3 is 0 Å². The molecule has 3 heteroatoms. The molecule has 0 saturated heterocycles. The molecule has 0 aliphatic rings. The number of benzene rings is 1. The van der Waals surface area contributed by atoms with Crippen LogP contribution in [0.5, 0.6) is 0 Å². The molecule has 0 aromatic heterocycles. The zero-order valence-corrected chi connectivity index (χ0v) is 7.50. The van der Waals surface area contributed by atoms with E-state index in [0.717, 1.165) is 5.56 Å². The summed E-state index contributed by atoms with van der Waals surface area (Å²) < 4.78 is 12.7. The van der Waals surface area contributed by atoms with Gasteiger partial charge in [-0.3, -0.25) is 4.90 Å². The van der Waals surface area contributed by atoms with Crippen LogP contribution in [0.2, 0.25) is 0 Å². The van der Waals surface area contributed by atoms with Crippen LogP contribution in [0.1, 0.15) is 5.56 Å². The molecule has 1 aromatic carbocycles. The molecule has 0 unspecified atom stereocenters. The Bertz CT molecular complexity index is 317. The highest BCUT2D eigenvalue weighted by molar-refractivity contribution is 5.16. The molecular weight excluding hydrogens is 167 g/mol. The average molecular weight is 178 g/mol.